The Hall–Kier alpha value is -0.120. The molecular weight excluding hydrogens is 176 g/mol. The van der Waals surface area contributed by atoms with Crippen LogP contribution >= 0.6 is 0 Å². The van der Waals surface area contributed by atoms with E-state index in [0.717, 1.165) is 38.3 Å². The van der Waals surface area contributed by atoms with Crippen LogP contribution in [0.3, 0.4) is 0 Å². The minimum absolute atomic E-state index is 0.685. The molecule has 3 heteroatoms. The van der Waals surface area contributed by atoms with Crippen LogP contribution in [0.25, 0.3) is 0 Å². The summed E-state index contributed by atoms with van der Waals surface area (Å²) in [6.45, 7) is 11.1. The molecule has 0 aliphatic carbocycles. The van der Waals surface area contributed by atoms with Gasteiger partial charge in [-0.25, -0.2) is 0 Å². The maximum atomic E-state index is 5.57. The predicted octanol–water partition coefficient (Wildman–Crippen LogP) is 0.563. The van der Waals surface area contributed by atoms with Gasteiger partial charge >= 0.3 is 0 Å². The van der Waals surface area contributed by atoms with Crippen molar-refractivity contribution in [3.63, 3.8) is 0 Å². The molecule has 1 N–H and O–H groups in total. The van der Waals surface area contributed by atoms with E-state index in [9.17, 15) is 0 Å². The third-order valence-electron chi connectivity index (χ3n) is 3.42. The summed E-state index contributed by atoms with van der Waals surface area (Å²) in [5.41, 5.74) is 0. The zero-order valence-corrected chi connectivity index (χ0v) is 9.33. The van der Waals surface area contributed by atoms with Crippen molar-refractivity contribution in [3.05, 3.63) is 0 Å². The highest BCUT2D eigenvalue weighted by molar-refractivity contribution is 4.87. The van der Waals surface area contributed by atoms with Crippen molar-refractivity contribution in [2.45, 2.75) is 19.9 Å². The third-order valence-corrected chi connectivity index (χ3v) is 3.42. The van der Waals surface area contributed by atoms with Crippen LogP contribution in [-0.2, 0) is 4.74 Å². The molecule has 2 rings (SSSR count). The lowest BCUT2D eigenvalue weighted by molar-refractivity contribution is 0.121. The Kier molecular flexibility index (Phi) is 3.42. The largest absolute Gasteiger partial charge is 0.380 e. The minimum atomic E-state index is 0.685. The van der Waals surface area contributed by atoms with E-state index in [-0.39, 0.29) is 0 Å². The second kappa shape index (κ2) is 4.60. The Bertz CT molecular complexity index is 186. The molecule has 3 nitrogen and oxygen atoms in total. The van der Waals surface area contributed by atoms with Crippen LogP contribution in [0.5, 0.6) is 0 Å². The van der Waals surface area contributed by atoms with Gasteiger partial charge in [-0.05, 0) is 18.4 Å². The fraction of sp³-hybridized carbons (Fsp3) is 1.00. The van der Waals surface area contributed by atoms with Crippen LogP contribution in [0.1, 0.15) is 13.8 Å². The van der Waals surface area contributed by atoms with Crippen LogP contribution in [0.2, 0.25) is 0 Å². The van der Waals surface area contributed by atoms with E-state index in [0.29, 0.717) is 5.92 Å². The lowest BCUT2D eigenvalue weighted by Gasteiger charge is -2.30. The second-order valence-corrected chi connectivity index (χ2v) is 4.88. The summed E-state index contributed by atoms with van der Waals surface area (Å²) >= 11 is 0. The molecule has 82 valence electrons. The van der Waals surface area contributed by atoms with Crippen LogP contribution in [0.15, 0.2) is 0 Å². The molecule has 0 amide bonds. The number of nitrogens with one attached hydrogen (secondary N) is 1. The van der Waals surface area contributed by atoms with Crippen molar-refractivity contribution >= 4 is 0 Å². The summed E-state index contributed by atoms with van der Waals surface area (Å²) in [4.78, 5) is 2.61. The summed E-state index contributed by atoms with van der Waals surface area (Å²) in [6, 6.07) is 0.735. The number of hydrogen-bond acceptors (Lipinski definition) is 3. The van der Waals surface area contributed by atoms with Gasteiger partial charge in [-0.15, -0.1) is 0 Å². The second-order valence-electron chi connectivity index (χ2n) is 4.88. The highest BCUT2D eigenvalue weighted by Crippen LogP contribution is 2.18. The molecular formula is C11H22N2O. The van der Waals surface area contributed by atoms with Gasteiger partial charge in [0.1, 0.15) is 0 Å². The van der Waals surface area contributed by atoms with E-state index in [1.54, 1.807) is 0 Å². The molecule has 0 radical (unpaired) electrons. The lowest BCUT2D eigenvalue weighted by Crippen LogP contribution is -2.42. The molecule has 2 fully saturated rings. The first-order chi connectivity index (χ1) is 6.77. The first-order valence-electron chi connectivity index (χ1n) is 5.80. The lowest BCUT2D eigenvalue weighted by atomic mass is 10.0. The van der Waals surface area contributed by atoms with Gasteiger partial charge in [0.15, 0.2) is 0 Å². The van der Waals surface area contributed by atoms with Crippen LogP contribution < -0.4 is 5.32 Å². The molecule has 2 aliphatic heterocycles. The van der Waals surface area contributed by atoms with E-state index in [1.807, 2.05) is 0 Å². The highest BCUT2D eigenvalue weighted by atomic mass is 16.5. The molecule has 2 saturated heterocycles. The van der Waals surface area contributed by atoms with Crippen molar-refractivity contribution in [1.82, 2.24) is 10.2 Å². The average Bonchev–Trinajstić information content (AvgIpc) is 2.45. The Morgan fingerprint density at radius 3 is 2.86 bits per heavy atom. The van der Waals surface area contributed by atoms with Gasteiger partial charge in [0, 0.05) is 25.7 Å². The molecule has 3 atom stereocenters. The topological polar surface area (TPSA) is 24.5 Å². The van der Waals surface area contributed by atoms with E-state index in [2.05, 4.69) is 24.1 Å². The number of rotatable bonds is 1. The Morgan fingerprint density at radius 1 is 1.29 bits per heavy atom. The van der Waals surface area contributed by atoms with Gasteiger partial charge in [0.2, 0.25) is 0 Å². The van der Waals surface area contributed by atoms with Crippen molar-refractivity contribution in [3.8, 4) is 0 Å². The number of hydrogen-bond donors (Lipinski definition) is 1. The van der Waals surface area contributed by atoms with Crippen LogP contribution in [0, 0.1) is 11.8 Å². The number of ether oxygens (including phenoxy) is 1. The van der Waals surface area contributed by atoms with Gasteiger partial charge in [-0.3, -0.25) is 4.90 Å². The zero-order valence-electron chi connectivity index (χ0n) is 9.33. The molecule has 0 aromatic carbocycles. The van der Waals surface area contributed by atoms with Crippen molar-refractivity contribution < 1.29 is 4.74 Å². The molecule has 3 unspecified atom stereocenters. The van der Waals surface area contributed by atoms with Gasteiger partial charge in [0.25, 0.3) is 0 Å². The monoisotopic (exact) mass is 198 g/mol. The van der Waals surface area contributed by atoms with Crippen molar-refractivity contribution in [2.75, 3.05) is 39.4 Å². The van der Waals surface area contributed by atoms with E-state index in [4.69, 9.17) is 4.74 Å². The van der Waals surface area contributed by atoms with E-state index >= 15 is 0 Å². The van der Waals surface area contributed by atoms with Gasteiger partial charge in [-0.2, -0.15) is 0 Å². The minimum Gasteiger partial charge on any atom is -0.380 e. The Morgan fingerprint density at radius 2 is 2.14 bits per heavy atom. The molecule has 2 heterocycles. The standard InChI is InChI=1S/C11H22N2O/c1-9-7-13(3-4-14-8-9)11-6-12-5-10(11)2/h9-12H,3-8H2,1-2H3. The summed E-state index contributed by atoms with van der Waals surface area (Å²) in [7, 11) is 0. The maximum Gasteiger partial charge on any atom is 0.0593 e. The molecule has 0 aromatic heterocycles. The highest BCUT2D eigenvalue weighted by Gasteiger charge is 2.30. The van der Waals surface area contributed by atoms with Gasteiger partial charge < -0.3 is 10.1 Å². The zero-order chi connectivity index (χ0) is 9.97. The molecule has 14 heavy (non-hydrogen) atoms. The molecule has 0 saturated carbocycles. The van der Waals surface area contributed by atoms with E-state index < -0.39 is 0 Å². The Labute approximate surface area is 86.8 Å². The van der Waals surface area contributed by atoms with E-state index in [1.165, 1.54) is 13.1 Å². The maximum absolute atomic E-state index is 5.57. The van der Waals surface area contributed by atoms with Crippen molar-refractivity contribution in [2.24, 2.45) is 11.8 Å². The average molecular weight is 198 g/mol. The van der Waals surface area contributed by atoms with Gasteiger partial charge in [-0.1, -0.05) is 13.8 Å². The first-order valence-corrected chi connectivity index (χ1v) is 5.80. The Balaban J connectivity index is 1.94. The van der Waals surface area contributed by atoms with Crippen LogP contribution in [-0.4, -0.2) is 50.3 Å². The molecule has 2 aliphatic rings. The third kappa shape index (κ3) is 2.27. The number of nitrogens with zero attached hydrogens (tertiary/aromatic N) is 1. The summed E-state index contributed by atoms with van der Waals surface area (Å²) in [6.07, 6.45) is 0. The summed E-state index contributed by atoms with van der Waals surface area (Å²) < 4.78 is 5.57. The smallest absolute Gasteiger partial charge is 0.0593 e. The quantitative estimate of drug-likeness (QED) is 0.666. The normalized spacial score (nSPS) is 41.1. The molecule has 0 bridgehead atoms. The summed E-state index contributed by atoms with van der Waals surface area (Å²) in [5, 5.41) is 3.47. The fourth-order valence-corrected chi connectivity index (χ4v) is 2.60. The van der Waals surface area contributed by atoms with Crippen molar-refractivity contribution in [1.29, 1.82) is 0 Å². The molecule has 0 spiro atoms. The summed E-state index contributed by atoms with van der Waals surface area (Å²) in [5.74, 6) is 1.48. The first kappa shape index (κ1) is 10.4. The predicted molar refractivity (Wildman–Crippen MR) is 57.4 cm³/mol. The fourth-order valence-electron chi connectivity index (χ4n) is 2.60. The van der Waals surface area contributed by atoms with Gasteiger partial charge in [0.05, 0.1) is 13.2 Å². The van der Waals surface area contributed by atoms with Crippen LogP contribution in [0.4, 0.5) is 0 Å². The molecule has 0 aromatic rings. The SMILES string of the molecule is CC1COCCN(C2CNCC2C)C1.